The lowest BCUT2D eigenvalue weighted by atomic mass is 9.91. The fourth-order valence-electron chi connectivity index (χ4n) is 4.05. The second kappa shape index (κ2) is 9.08. The van der Waals surface area contributed by atoms with Gasteiger partial charge in [0.1, 0.15) is 11.5 Å². The summed E-state index contributed by atoms with van der Waals surface area (Å²) in [6.07, 6.45) is 1.23. The number of nitrogens with one attached hydrogen (secondary N) is 2. The summed E-state index contributed by atoms with van der Waals surface area (Å²) in [7, 11) is 0. The predicted octanol–water partition coefficient (Wildman–Crippen LogP) is 6.18. The summed E-state index contributed by atoms with van der Waals surface area (Å²) in [5.41, 5.74) is 6.07. The third-order valence-corrected chi connectivity index (χ3v) is 5.71. The predicted molar refractivity (Wildman–Crippen MR) is 134 cm³/mol. The molecule has 1 aliphatic heterocycles. The van der Waals surface area contributed by atoms with Crippen molar-refractivity contribution in [2.45, 2.75) is 6.54 Å². The van der Waals surface area contributed by atoms with Gasteiger partial charge in [0.05, 0.1) is 0 Å². The van der Waals surface area contributed by atoms with Crippen LogP contribution in [0.15, 0.2) is 104 Å². The number of fused-ring (bicyclic) bond motifs is 1. The number of benzene rings is 4. The zero-order chi connectivity index (χ0) is 23.5. The molecule has 166 valence electrons. The minimum Gasteiger partial charge on any atom is -0.457 e. The fraction of sp³-hybridized carbons (Fsp3) is 0.0345. The molecule has 34 heavy (non-hydrogen) atoms. The lowest BCUT2D eigenvalue weighted by Crippen LogP contribution is -2.12. The van der Waals surface area contributed by atoms with E-state index in [1.165, 1.54) is 6.08 Å². The van der Waals surface area contributed by atoms with E-state index in [1.807, 2.05) is 84.9 Å². The first kappa shape index (κ1) is 21.2. The Morgan fingerprint density at radius 1 is 0.824 bits per heavy atom. The lowest BCUT2D eigenvalue weighted by Gasteiger charge is -2.13. The normalized spacial score (nSPS) is 11.9. The Bertz CT molecular complexity index is 1390. The van der Waals surface area contributed by atoms with Gasteiger partial charge in [-0.2, -0.15) is 0 Å². The summed E-state index contributed by atoms with van der Waals surface area (Å²) < 4.78 is 5.92. The van der Waals surface area contributed by atoms with E-state index in [0.29, 0.717) is 17.8 Å². The number of rotatable bonds is 6. The van der Waals surface area contributed by atoms with Crippen molar-refractivity contribution in [2.75, 3.05) is 5.32 Å². The molecule has 0 saturated heterocycles. The quantitative estimate of drug-likeness (QED) is 0.348. The van der Waals surface area contributed by atoms with E-state index in [2.05, 4.69) is 23.3 Å². The largest absolute Gasteiger partial charge is 0.457 e. The molecular formula is C29H22N2O3. The first-order valence-corrected chi connectivity index (χ1v) is 10.9. The van der Waals surface area contributed by atoms with E-state index in [9.17, 15) is 9.59 Å². The monoisotopic (exact) mass is 446 g/mol. The molecule has 0 aromatic heterocycles. The van der Waals surface area contributed by atoms with Crippen molar-refractivity contribution in [1.82, 2.24) is 5.32 Å². The Hall–Kier alpha value is -4.64. The van der Waals surface area contributed by atoms with Gasteiger partial charge in [0.15, 0.2) is 0 Å². The molecule has 0 aliphatic carbocycles. The van der Waals surface area contributed by atoms with Crippen molar-refractivity contribution in [2.24, 2.45) is 0 Å². The Morgan fingerprint density at radius 3 is 2.32 bits per heavy atom. The molecule has 2 N–H and O–H groups in total. The molecule has 0 unspecified atom stereocenters. The number of hydrogen-bond donors (Lipinski definition) is 2. The highest BCUT2D eigenvalue weighted by atomic mass is 16.5. The molecule has 1 aliphatic rings. The number of carbonyl (C=O) groups excluding carboxylic acids is 2. The van der Waals surface area contributed by atoms with Crippen molar-refractivity contribution in [3.8, 4) is 33.8 Å². The fourth-order valence-corrected chi connectivity index (χ4v) is 4.05. The molecule has 2 amide bonds. The highest BCUT2D eigenvalue weighted by Gasteiger charge is 2.24. The Morgan fingerprint density at radius 2 is 1.56 bits per heavy atom. The Balaban J connectivity index is 1.52. The van der Waals surface area contributed by atoms with Crippen LogP contribution in [0, 0.1) is 0 Å². The van der Waals surface area contributed by atoms with E-state index >= 15 is 0 Å². The molecule has 5 nitrogen and oxygen atoms in total. The Labute approximate surface area is 197 Å². The van der Waals surface area contributed by atoms with Gasteiger partial charge in [0, 0.05) is 17.8 Å². The molecule has 4 aromatic carbocycles. The van der Waals surface area contributed by atoms with Crippen LogP contribution < -0.4 is 15.4 Å². The van der Waals surface area contributed by atoms with Crippen molar-refractivity contribution in [3.05, 3.63) is 115 Å². The number of para-hydroxylation sites is 1. The third kappa shape index (κ3) is 4.32. The number of hydrogen-bond acceptors (Lipinski definition) is 3. The summed E-state index contributed by atoms with van der Waals surface area (Å²) in [6.45, 7) is 3.98. The average molecular weight is 447 g/mol. The van der Waals surface area contributed by atoms with Crippen LogP contribution in [0.4, 0.5) is 5.69 Å². The zero-order valence-corrected chi connectivity index (χ0v) is 18.4. The second-order valence-corrected chi connectivity index (χ2v) is 7.95. The van der Waals surface area contributed by atoms with E-state index in [-0.39, 0.29) is 11.8 Å². The SMILES string of the molecule is C=CC(=O)Nc1cccc(-c2cc3c(c(-c4ccc(Oc5ccccc5)cc4)c2)CNC3=O)c1. The van der Waals surface area contributed by atoms with Gasteiger partial charge in [-0.25, -0.2) is 0 Å². The first-order chi connectivity index (χ1) is 16.6. The second-order valence-electron chi connectivity index (χ2n) is 7.95. The minimum absolute atomic E-state index is 0.0850. The molecule has 0 spiro atoms. The molecule has 0 saturated carbocycles. The van der Waals surface area contributed by atoms with Crippen LogP contribution >= 0.6 is 0 Å². The van der Waals surface area contributed by atoms with Crippen LogP contribution in [0.3, 0.4) is 0 Å². The van der Waals surface area contributed by atoms with Crippen LogP contribution in [-0.2, 0) is 11.3 Å². The van der Waals surface area contributed by atoms with E-state index in [1.54, 1.807) is 0 Å². The van der Waals surface area contributed by atoms with Crippen molar-refractivity contribution in [3.63, 3.8) is 0 Å². The maximum atomic E-state index is 12.5. The number of carbonyl (C=O) groups is 2. The van der Waals surface area contributed by atoms with E-state index in [4.69, 9.17) is 4.74 Å². The topological polar surface area (TPSA) is 67.4 Å². The number of anilines is 1. The maximum Gasteiger partial charge on any atom is 0.251 e. The van der Waals surface area contributed by atoms with Crippen LogP contribution in [0.5, 0.6) is 11.5 Å². The van der Waals surface area contributed by atoms with Crippen molar-refractivity contribution < 1.29 is 14.3 Å². The zero-order valence-electron chi connectivity index (χ0n) is 18.4. The van der Waals surface area contributed by atoms with Gasteiger partial charge in [-0.15, -0.1) is 0 Å². The van der Waals surface area contributed by atoms with Gasteiger partial charge in [-0.3, -0.25) is 9.59 Å². The highest BCUT2D eigenvalue weighted by molar-refractivity contribution is 6.02. The van der Waals surface area contributed by atoms with Gasteiger partial charge in [-0.1, -0.05) is 49.0 Å². The summed E-state index contributed by atoms with van der Waals surface area (Å²) >= 11 is 0. The summed E-state index contributed by atoms with van der Waals surface area (Å²) in [6, 6.07) is 29.0. The molecular weight excluding hydrogens is 424 g/mol. The van der Waals surface area contributed by atoms with Gasteiger partial charge in [0.2, 0.25) is 5.91 Å². The van der Waals surface area contributed by atoms with Crippen molar-refractivity contribution >= 4 is 17.5 Å². The molecule has 0 bridgehead atoms. The van der Waals surface area contributed by atoms with Crippen LogP contribution in [0.2, 0.25) is 0 Å². The lowest BCUT2D eigenvalue weighted by molar-refractivity contribution is -0.111. The molecule has 1 heterocycles. The smallest absolute Gasteiger partial charge is 0.251 e. The molecule has 0 atom stereocenters. The highest BCUT2D eigenvalue weighted by Crippen LogP contribution is 2.36. The third-order valence-electron chi connectivity index (χ3n) is 5.71. The first-order valence-electron chi connectivity index (χ1n) is 10.9. The molecule has 4 aromatic rings. The van der Waals surface area contributed by atoms with Crippen molar-refractivity contribution in [1.29, 1.82) is 0 Å². The average Bonchev–Trinajstić information content (AvgIpc) is 3.25. The van der Waals surface area contributed by atoms with Gasteiger partial charge >= 0.3 is 0 Å². The van der Waals surface area contributed by atoms with E-state index < -0.39 is 0 Å². The van der Waals surface area contributed by atoms with E-state index in [0.717, 1.165) is 39.3 Å². The molecule has 5 heteroatoms. The minimum atomic E-state index is -0.274. The molecule has 0 fully saturated rings. The number of amides is 2. The summed E-state index contributed by atoms with van der Waals surface area (Å²) in [5, 5.41) is 5.72. The summed E-state index contributed by atoms with van der Waals surface area (Å²) in [4.78, 5) is 24.3. The van der Waals surface area contributed by atoms with Crippen LogP contribution in [-0.4, -0.2) is 11.8 Å². The number of ether oxygens (including phenoxy) is 1. The molecule has 0 radical (unpaired) electrons. The maximum absolute atomic E-state index is 12.5. The summed E-state index contributed by atoms with van der Waals surface area (Å²) in [5.74, 6) is 1.15. The van der Waals surface area contributed by atoms with Gasteiger partial charge in [-0.05, 0) is 82.4 Å². The van der Waals surface area contributed by atoms with Gasteiger partial charge < -0.3 is 15.4 Å². The standard InChI is InChI=1S/C29H22N2O3/c1-2-28(32)31-22-8-6-7-20(15-22)21-16-25(27-18-30-29(33)26(27)17-21)19-11-13-24(14-12-19)34-23-9-4-3-5-10-23/h2-17H,1,18H2,(H,30,33)(H,31,32). The van der Waals surface area contributed by atoms with Gasteiger partial charge in [0.25, 0.3) is 5.91 Å². The van der Waals surface area contributed by atoms with Crippen LogP contribution in [0.25, 0.3) is 22.3 Å². The van der Waals surface area contributed by atoms with Crippen LogP contribution in [0.1, 0.15) is 15.9 Å². The Kier molecular flexibility index (Phi) is 5.67. The molecule has 5 rings (SSSR count).